The molecule has 10 nitrogen and oxygen atoms in total. The Kier molecular flexibility index (Phi) is 12.5. The van der Waals surface area contributed by atoms with E-state index in [-0.39, 0.29) is 52.8 Å². The quantitative estimate of drug-likeness (QED) is 0.179. The number of benzene rings is 2. The molecule has 2 aromatic carbocycles. The Morgan fingerprint density at radius 2 is 1.08 bits per heavy atom. The minimum Gasteiger partial charge on any atom is -0.507 e. The first kappa shape index (κ1) is 42.6. The molecule has 1 spiro atoms. The molecule has 2 unspecified atom stereocenters. The Labute approximate surface area is 316 Å². The summed E-state index contributed by atoms with van der Waals surface area (Å²) in [5.41, 5.74) is 2.98. The topological polar surface area (TPSA) is 130 Å². The molecule has 53 heavy (non-hydrogen) atoms. The van der Waals surface area contributed by atoms with Crippen LogP contribution < -0.4 is 0 Å². The van der Waals surface area contributed by atoms with Crippen LogP contribution in [-0.4, -0.2) is 47.4 Å². The second kappa shape index (κ2) is 15.5. The minimum absolute atomic E-state index is 0.00145. The van der Waals surface area contributed by atoms with E-state index in [0.717, 1.165) is 40.7 Å². The van der Waals surface area contributed by atoms with Crippen molar-refractivity contribution in [3.05, 3.63) is 57.6 Å². The molecule has 1 aliphatic carbocycles. The molecular formula is C43H64O10. The number of hydrogen-bond donors (Lipinski definition) is 2. The fraction of sp³-hybridized carbons (Fsp3) is 0.674. The minimum atomic E-state index is -1.06. The number of aryl methyl sites for hydroxylation is 2. The Hall–Kier alpha value is -3.18. The van der Waals surface area contributed by atoms with Crippen LogP contribution in [0.25, 0.3) is 0 Å². The Morgan fingerprint density at radius 1 is 0.698 bits per heavy atom. The third-order valence-electron chi connectivity index (χ3n) is 11.2. The van der Waals surface area contributed by atoms with E-state index in [1.54, 1.807) is 6.92 Å². The monoisotopic (exact) mass is 740 g/mol. The average Bonchev–Trinajstić information content (AvgIpc) is 3.07. The van der Waals surface area contributed by atoms with Gasteiger partial charge in [0.2, 0.25) is 12.1 Å². The van der Waals surface area contributed by atoms with Crippen LogP contribution in [0, 0.1) is 30.6 Å². The molecule has 1 heterocycles. The number of carbonyl (C=O) groups is 2. The van der Waals surface area contributed by atoms with Crippen molar-refractivity contribution in [2.24, 2.45) is 16.7 Å². The van der Waals surface area contributed by atoms with Gasteiger partial charge in [-0.15, -0.1) is 0 Å². The van der Waals surface area contributed by atoms with Crippen LogP contribution >= 0.6 is 0 Å². The number of rotatable bonds is 10. The second-order valence-corrected chi connectivity index (χ2v) is 19.0. The maximum Gasteiger partial charge on any atom is 0.313 e. The maximum atomic E-state index is 13.2. The highest BCUT2D eigenvalue weighted by Gasteiger charge is 2.50. The summed E-state index contributed by atoms with van der Waals surface area (Å²) in [5.74, 6) is -2.04. The highest BCUT2D eigenvalue weighted by molar-refractivity contribution is 5.78. The van der Waals surface area contributed by atoms with Crippen molar-refractivity contribution in [2.75, 3.05) is 13.2 Å². The predicted molar refractivity (Wildman–Crippen MR) is 202 cm³/mol. The summed E-state index contributed by atoms with van der Waals surface area (Å²) in [6.45, 7) is 27.7. The van der Waals surface area contributed by atoms with E-state index < -0.39 is 35.3 Å². The fourth-order valence-corrected chi connectivity index (χ4v) is 7.04. The lowest BCUT2D eigenvalue weighted by Gasteiger charge is -2.46. The molecule has 2 atom stereocenters. The first-order valence-electron chi connectivity index (χ1n) is 19.0. The van der Waals surface area contributed by atoms with E-state index in [9.17, 15) is 19.8 Å². The van der Waals surface area contributed by atoms with Crippen LogP contribution in [0.2, 0.25) is 0 Å². The average molecular weight is 741 g/mol. The summed E-state index contributed by atoms with van der Waals surface area (Å²) < 4.78 is 11.7. The first-order valence-corrected chi connectivity index (χ1v) is 19.0. The molecule has 0 amide bonds. The van der Waals surface area contributed by atoms with Crippen LogP contribution in [0.4, 0.5) is 0 Å². The SMILES string of the molecule is Cc1cc(C(C)C(=O)OCC(C)(C)C2CCC3(CC2)OOC(C(C)(C)COC(=O)C(C)c2cc(C)c(O)c(C(C)(C)C)c2)OO3)cc(C(C)(C)C)c1O. The van der Waals surface area contributed by atoms with Crippen molar-refractivity contribution in [3.8, 4) is 11.5 Å². The lowest BCUT2D eigenvalue weighted by molar-refractivity contribution is -0.640. The lowest BCUT2D eigenvalue weighted by atomic mass is 9.70. The molecule has 10 heteroatoms. The van der Waals surface area contributed by atoms with Crippen molar-refractivity contribution in [3.63, 3.8) is 0 Å². The van der Waals surface area contributed by atoms with E-state index in [1.807, 2.05) is 100 Å². The second-order valence-electron chi connectivity index (χ2n) is 19.0. The molecule has 2 N–H and O–H groups in total. The Balaban J connectivity index is 1.27. The molecule has 0 bridgehead atoms. The normalized spacial score (nSPS) is 22.7. The van der Waals surface area contributed by atoms with Gasteiger partial charge in [-0.05, 0) is 90.7 Å². The van der Waals surface area contributed by atoms with Crippen molar-refractivity contribution in [1.29, 1.82) is 0 Å². The van der Waals surface area contributed by atoms with E-state index in [0.29, 0.717) is 18.4 Å². The van der Waals surface area contributed by atoms with Crippen LogP contribution in [0.3, 0.4) is 0 Å². The van der Waals surface area contributed by atoms with Crippen molar-refractivity contribution in [1.82, 2.24) is 0 Å². The molecule has 0 aromatic heterocycles. The van der Waals surface area contributed by atoms with Gasteiger partial charge < -0.3 is 19.7 Å². The molecule has 296 valence electrons. The van der Waals surface area contributed by atoms with Gasteiger partial charge in [-0.3, -0.25) is 9.59 Å². The highest BCUT2D eigenvalue weighted by atomic mass is 17.4. The van der Waals surface area contributed by atoms with E-state index in [2.05, 4.69) is 13.8 Å². The molecule has 4 rings (SSSR count). The number of aromatic hydroxyl groups is 2. The van der Waals surface area contributed by atoms with Gasteiger partial charge in [0.05, 0.1) is 23.9 Å². The third-order valence-corrected chi connectivity index (χ3v) is 11.2. The van der Waals surface area contributed by atoms with Crippen LogP contribution in [0.5, 0.6) is 11.5 Å². The molecule has 0 radical (unpaired) electrons. The largest absolute Gasteiger partial charge is 0.507 e. The molecule has 1 saturated carbocycles. The summed E-state index contributed by atoms with van der Waals surface area (Å²) in [7, 11) is 0. The number of esters is 2. The molecule has 2 aromatic rings. The van der Waals surface area contributed by atoms with Gasteiger partial charge in [0.15, 0.2) is 0 Å². The van der Waals surface area contributed by atoms with E-state index in [1.165, 1.54) is 0 Å². The molecule has 1 aliphatic heterocycles. The Bertz CT molecular complexity index is 1500. The third kappa shape index (κ3) is 9.74. The van der Waals surface area contributed by atoms with E-state index >= 15 is 0 Å². The number of phenolic OH excluding ortho intramolecular Hbond substituents is 2. The van der Waals surface area contributed by atoms with Crippen LogP contribution in [0.15, 0.2) is 24.3 Å². The van der Waals surface area contributed by atoms with E-state index in [4.69, 9.17) is 29.0 Å². The molecule has 2 aliphatic rings. The van der Waals surface area contributed by atoms with Gasteiger partial charge in [0.25, 0.3) is 0 Å². The standard InChI is InChI=1S/C43H64O10/c1-25-19-29(21-32(34(25)44)39(5,6)7)27(3)36(46)48-23-41(11,12)31-15-17-43(18-16-31)52-50-38(51-53-43)42(13,14)24-49-37(47)28(4)30-20-26(2)35(45)33(22-30)40(8,9)10/h19-22,27-28,31,38,44-45H,15-18,23-24H2,1-14H3. The smallest absolute Gasteiger partial charge is 0.313 e. The summed E-state index contributed by atoms with van der Waals surface area (Å²) >= 11 is 0. The molecular weight excluding hydrogens is 676 g/mol. The number of phenols is 2. The highest BCUT2D eigenvalue weighted by Crippen LogP contribution is 2.47. The summed E-state index contributed by atoms with van der Waals surface area (Å²) in [5, 5.41) is 21.2. The lowest BCUT2D eigenvalue weighted by Crippen LogP contribution is -2.52. The van der Waals surface area contributed by atoms with Gasteiger partial charge in [0, 0.05) is 18.3 Å². The zero-order chi connectivity index (χ0) is 39.9. The fourth-order valence-electron chi connectivity index (χ4n) is 7.04. The van der Waals surface area contributed by atoms with Gasteiger partial charge >= 0.3 is 11.9 Å². The number of hydrogen-bond acceptors (Lipinski definition) is 10. The van der Waals surface area contributed by atoms with Crippen molar-refractivity contribution >= 4 is 11.9 Å². The van der Waals surface area contributed by atoms with Gasteiger partial charge in [0.1, 0.15) is 18.1 Å². The summed E-state index contributed by atoms with van der Waals surface area (Å²) in [4.78, 5) is 49.7. The zero-order valence-electron chi connectivity index (χ0n) is 34.5. The summed E-state index contributed by atoms with van der Waals surface area (Å²) in [6, 6.07) is 7.47. The zero-order valence-corrected chi connectivity index (χ0v) is 34.5. The van der Waals surface area contributed by atoms with Crippen molar-refractivity contribution < 1.29 is 48.8 Å². The maximum absolute atomic E-state index is 13.2. The Morgan fingerprint density at radius 3 is 1.45 bits per heavy atom. The number of ether oxygens (including phenoxy) is 2. The summed E-state index contributed by atoms with van der Waals surface area (Å²) in [6.07, 6.45) is 1.60. The van der Waals surface area contributed by atoms with Crippen LogP contribution in [0.1, 0.15) is 154 Å². The number of carbonyl (C=O) groups excluding carboxylic acids is 2. The van der Waals surface area contributed by atoms with Gasteiger partial charge in [-0.2, -0.15) is 19.6 Å². The van der Waals surface area contributed by atoms with Gasteiger partial charge in [-0.25, -0.2) is 0 Å². The van der Waals surface area contributed by atoms with Crippen molar-refractivity contribution in [2.45, 2.75) is 157 Å². The van der Waals surface area contributed by atoms with Gasteiger partial charge in [-0.1, -0.05) is 93.5 Å². The first-order chi connectivity index (χ1) is 24.3. The molecule has 1 saturated heterocycles. The molecule has 2 fully saturated rings. The predicted octanol–water partition coefficient (Wildman–Crippen LogP) is 9.48. The van der Waals surface area contributed by atoms with Crippen LogP contribution in [-0.2, 0) is 49.4 Å².